The van der Waals surface area contributed by atoms with Crippen molar-refractivity contribution in [3.05, 3.63) is 53.1 Å². The van der Waals surface area contributed by atoms with Crippen molar-refractivity contribution in [3.8, 4) is 5.75 Å². The number of benzene rings is 2. The van der Waals surface area contributed by atoms with E-state index in [1.165, 1.54) is 37.1 Å². The van der Waals surface area contributed by atoms with Crippen LogP contribution in [0.3, 0.4) is 0 Å². The summed E-state index contributed by atoms with van der Waals surface area (Å²) in [7, 11) is -3.55. The van der Waals surface area contributed by atoms with E-state index in [4.69, 9.17) is 16.3 Å². The first-order chi connectivity index (χ1) is 13.4. The summed E-state index contributed by atoms with van der Waals surface area (Å²) in [5.41, 5.74) is 0.885. The van der Waals surface area contributed by atoms with Crippen LogP contribution in [0.4, 0.5) is 5.69 Å². The number of nitrogens with one attached hydrogen (secondary N) is 2. The van der Waals surface area contributed by atoms with Crippen LogP contribution in [0.2, 0.25) is 5.02 Å². The predicted octanol–water partition coefficient (Wildman–Crippen LogP) is 4.21. The monoisotopic (exact) mass is 422 g/mol. The highest BCUT2D eigenvalue weighted by Crippen LogP contribution is 2.31. The molecule has 0 aromatic heterocycles. The molecule has 0 bridgehead atoms. The Labute approximate surface area is 170 Å². The molecule has 8 heteroatoms. The van der Waals surface area contributed by atoms with Crippen LogP contribution < -0.4 is 14.8 Å². The van der Waals surface area contributed by atoms with Crippen molar-refractivity contribution in [2.24, 2.45) is 0 Å². The number of hydrogen-bond acceptors (Lipinski definition) is 4. The van der Waals surface area contributed by atoms with Gasteiger partial charge in [-0.25, -0.2) is 13.1 Å². The molecule has 28 heavy (non-hydrogen) atoms. The summed E-state index contributed by atoms with van der Waals surface area (Å²) in [6.07, 6.45) is 4.62. The lowest BCUT2D eigenvalue weighted by Crippen LogP contribution is -2.23. The predicted molar refractivity (Wildman–Crippen MR) is 110 cm³/mol. The molecule has 2 aromatic rings. The molecule has 0 spiro atoms. The van der Waals surface area contributed by atoms with Gasteiger partial charge in [0.15, 0.2) is 0 Å². The summed E-state index contributed by atoms with van der Waals surface area (Å²) in [6.45, 7) is 2.00. The molecule has 2 N–H and O–H groups in total. The van der Waals surface area contributed by atoms with Gasteiger partial charge in [0.25, 0.3) is 5.91 Å². The van der Waals surface area contributed by atoms with Crippen LogP contribution in [0.1, 0.15) is 43.0 Å². The van der Waals surface area contributed by atoms with E-state index < -0.39 is 10.0 Å². The zero-order chi connectivity index (χ0) is 20.1. The molecule has 6 nitrogen and oxygen atoms in total. The second kappa shape index (κ2) is 8.94. The van der Waals surface area contributed by atoms with Gasteiger partial charge in [-0.2, -0.15) is 0 Å². The second-order valence-electron chi connectivity index (χ2n) is 6.65. The lowest BCUT2D eigenvalue weighted by Gasteiger charge is -2.15. The van der Waals surface area contributed by atoms with Gasteiger partial charge < -0.3 is 10.1 Å². The van der Waals surface area contributed by atoms with E-state index in [0.717, 1.165) is 12.8 Å². The number of carbonyl (C=O) groups is 1. The number of amides is 1. The summed E-state index contributed by atoms with van der Waals surface area (Å²) in [5.74, 6) is 0.262. The molecule has 1 aliphatic carbocycles. The number of ether oxygens (including phenoxy) is 1. The summed E-state index contributed by atoms with van der Waals surface area (Å²) < 4.78 is 32.2. The Bertz CT molecular complexity index is 939. The fourth-order valence-electron chi connectivity index (χ4n) is 3.12. The van der Waals surface area contributed by atoms with Gasteiger partial charge in [-0.3, -0.25) is 4.79 Å². The first-order valence-electron chi connectivity index (χ1n) is 9.26. The lowest BCUT2D eigenvalue weighted by atomic mass is 10.2. The summed E-state index contributed by atoms with van der Waals surface area (Å²) in [6, 6.07) is 10.9. The number of hydrogen-bond donors (Lipinski definition) is 2. The lowest BCUT2D eigenvalue weighted by molar-refractivity contribution is 0.102. The van der Waals surface area contributed by atoms with Gasteiger partial charge >= 0.3 is 0 Å². The van der Waals surface area contributed by atoms with E-state index in [0.29, 0.717) is 28.6 Å². The fraction of sp³-hybridized carbons (Fsp3) is 0.350. The van der Waals surface area contributed by atoms with Gasteiger partial charge in [0.2, 0.25) is 10.0 Å². The Balaban J connectivity index is 1.66. The number of carbonyl (C=O) groups excluding carboxylic acids is 1. The average molecular weight is 423 g/mol. The maximum atomic E-state index is 12.4. The van der Waals surface area contributed by atoms with Gasteiger partial charge in [-0.05, 0) is 68.1 Å². The Morgan fingerprint density at radius 1 is 1.14 bits per heavy atom. The fourth-order valence-corrected chi connectivity index (χ4v) is 4.39. The van der Waals surface area contributed by atoms with Crippen molar-refractivity contribution in [2.45, 2.75) is 43.6 Å². The molecular weight excluding hydrogens is 400 g/mol. The normalized spacial score (nSPS) is 14.8. The zero-order valence-electron chi connectivity index (χ0n) is 15.6. The third kappa shape index (κ3) is 5.04. The maximum Gasteiger partial charge on any atom is 0.255 e. The molecule has 0 heterocycles. The van der Waals surface area contributed by atoms with E-state index in [2.05, 4.69) is 10.0 Å². The molecule has 1 saturated carbocycles. The average Bonchev–Trinajstić information content (AvgIpc) is 3.17. The number of halogens is 1. The molecule has 0 radical (unpaired) electrons. The van der Waals surface area contributed by atoms with Crippen LogP contribution in [-0.4, -0.2) is 27.0 Å². The Kier molecular flexibility index (Phi) is 6.59. The number of anilines is 1. The topological polar surface area (TPSA) is 84.5 Å². The molecule has 1 aliphatic rings. The maximum absolute atomic E-state index is 12.4. The van der Waals surface area contributed by atoms with E-state index in [9.17, 15) is 13.2 Å². The highest BCUT2D eigenvalue weighted by atomic mass is 35.5. The SMILES string of the molecule is CCNS(=O)(=O)c1ccc(C(=O)Nc2ccc(OC3CCCC3)c(Cl)c2)cc1. The molecule has 0 aliphatic heterocycles. The number of rotatable bonds is 7. The number of sulfonamides is 1. The van der Waals surface area contributed by atoms with Crippen LogP contribution in [0.15, 0.2) is 47.4 Å². The van der Waals surface area contributed by atoms with E-state index in [1.807, 2.05) is 0 Å². The zero-order valence-corrected chi connectivity index (χ0v) is 17.1. The minimum atomic E-state index is -3.55. The standard InChI is InChI=1S/C20H23ClN2O4S/c1-2-22-28(25,26)17-10-7-14(8-11-17)20(24)23-15-9-12-19(18(21)13-15)27-16-5-3-4-6-16/h7-13,16,22H,2-6H2,1H3,(H,23,24). The van der Waals surface area contributed by atoms with Crippen molar-refractivity contribution in [2.75, 3.05) is 11.9 Å². The van der Waals surface area contributed by atoms with Gasteiger partial charge in [-0.15, -0.1) is 0 Å². The van der Waals surface area contributed by atoms with Crippen molar-refractivity contribution in [3.63, 3.8) is 0 Å². The van der Waals surface area contributed by atoms with Crippen LogP contribution in [0.5, 0.6) is 5.75 Å². The molecule has 1 fully saturated rings. The van der Waals surface area contributed by atoms with Crippen LogP contribution in [0.25, 0.3) is 0 Å². The molecule has 1 amide bonds. The summed E-state index contributed by atoms with van der Waals surface area (Å²) >= 11 is 6.29. The molecular formula is C20H23ClN2O4S. The first kappa shape index (κ1) is 20.6. The van der Waals surface area contributed by atoms with Gasteiger partial charge in [-0.1, -0.05) is 18.5 Å². The molecule has 150 valence electrons. The first-order valence-corrected chi connectivity index (χ1v) is 11.1. The smallest absolute Gasteiger partial charge is 0.255 e. The van der Waals surface area contributed by atoms with Gasteiger partial charge in [0.05, 0.1) is 16.0 Å². The van der Waals surface area contributed by atoms with E-state index >= 15 is 0 Å². The minimum absolute atomic E-state index is 0.113. The quantitative estimate of drug-likeness (QED) is 0.699. The van der Waals surface area contributed by atoms with Gasteiger partial charge in [0.1, 0.15) is 5.75 Å². The molecule has 0 saturated heterocycles. The third-order valence-corrected chi connectivity index (χ3v) is 6.40. The third-order valence-electron chi connectivity index (χ3n) is 4.55. The van der Waals surface area contributed by atoms with Crippen molar-refractivity contribution >= 4 is 33.2 Å². The molecule has 3 rings (SSSR count). The summed E-state index contributed by atoms with van der Waals surface area (Å²) in [5, 5.41) is 3.20. The van der Waals surface area contributed by atoms with Gasteiger partial charge in [0, 0.05) is 17.8 Å². The molecule has 0 atom stereocenters. The van der Waals surface area contributed by atoms with Crippen molar-refractivity contribution < 1.29 is 17.9 Å². The van der Waals surface area contributed by atoms with Crippen LogP contribution in [-0.2, 0) is 10.0 Å². The molecule has 0 unspecified atom stereocenters. The highest BCUT2D eigenvalue weighted by molar-refractivity contribution is 7.89. The van der Waals surface area contributed by atoms with E-state index in [-0.39, 0.29) is 16.9 Å². The van der Waals surface area contributed by atoms with E-state index in [1.54, 1.807) is 25.1 Å². The Hall–Kier alpha value is -2.09. The second-order valence-corrected chi connectivity index (χ2v) is 8.82. The van der Waals surface area contributed by atoms with Crippen molar-refractivity contribution in [1.82, 2.24) is 4.72 Å². The largest absolute Gasteiger partial charge is 0.489 e. The Morgan fingerprint density at radius 3 is 2.43 bits per heavy atom. The highest BCUT2D eigenvalue weighted by Gasteiger charge is 2.18. The summed E-state index contributed by atoms with van der Waals surface area (Å²) in [4.78, 5) is 12.5. The molecule has 2 aromatic carbocycles. The Morgan fingerprint density at radius 2 is 1.82 bits per heavy atom. The van der Waals surface area contributed by atoms with Crippen LogP contribution >= 0.6 is 11.6 Å². The van der Waals surface area contributed by atoms with Crippen LogP contribution in [0, 0.1) is 0 Å². The minimum Gasteiger partial charge on any atom is -0.489 e. The van der Waals surface area contributed by atoms with Crippen molar-refractivity contribution in [1.29, 1.82) is 0 Å².